The van der Waals surface area contributed by atoms with Gasteiger partial charge in [0.15, 0.2) is 0 Å². The Morgan fingerprint density at radius 3 is 1.27 bits per heavy atom. The number of nitrogens with zero attached hydrogens (tertiary/aromatic N) is 5. The van der Waals surface area contributed by atoms with Gasteiger partial charge in [-0.15, -0.1) is 58.3 Å². The molecule has 14 aromatic rings. The second kappa shape index (κ2) is 19.3. The van der Waals surface area contributed by atoms with E-state index in [-0.39, 0.29) is 20.1 Å². The molecule has 0 saturated heterocycles. The first kappa shape index (κ1) is 45.5. The van der Waals surface area contributed by atoms with E-state index in [1.54, 1.807) is 0 Å². The van der Waals surface area contributed by atoms with E-state index >= 15 is 0 Å². The van der Waals surface area contributed by atoms with Crippen LogP contribution < -0.4 is 0 Å². The first-order valence-corrected chi connectivity index (χ1v) is 24.8. The predicted molar refractivity (Wildman–Crippen MR) is 302 cm³/mol. The fourth-order valence-electron chi connectivity index (χ4n) is 10.7. The Hall–Kier alpha value is -9.32. The maximum Gasteiger partial charge on any atom is 3.00 e. The third kappa shape index (κ3) is 8.23. The standard InChI is InChI=1S/C69H42N5.Ir/c1-2-15-46(16-3-1)47-29-31-48(32-30-47)51-19-14-20-52(39-51)65-36-33-53(43-70-65)57-21-6-7-22-58(57)54-40-55(59-23-8-10-25-61(59)63-44-71-73-66-27-12-4-17-49(66)34-37-68(63)73)42-56(41-54)60-24-9-11-26-62(60)64-45-72-74-67-28-13-5-18-50(67)35-38-69(64)74;/h1-19,21-26,29-45H;/q-3;+3. The van der Waals surface area contributed by atoms with Crippen molar-refractivity contribution in [1.82, 2.24) is 24.2 Å². The van der Waals surface area contributed by atoms with Crippen LogP contribution in [0, 0.1) is 18.2 Å². The molecule has 5 nitrogen and oxygen atoms in total. The summed E-state index contributed by atoms with van der Waals surface area (Å²) in [7, 11) is 0. The van der Waals surface area contributed by atoms with Crippen molar-refractivity contribution in [2.24, 2.45) is 0 Å². The average molecular weight is 1130 g/mol. The van der Waals surface area contributed by atoms with Crippen molar-refractivity contribution in [3.8, 4) is 100 Å². The topological polar surface area (TPSA) is 47.5 Å². The number of rotatable bonds is 9. The third-order valence-corrected chi connectivity index (χ3v) is 14.3. The number of hydrogen-bond acceptors (Lipinski definition) is 3. The smallest absolute Gasteiger partial charge is 0.304 e. The summed E-state index contributed by atoms with van der Waals surface area (Å²) < 4.78 is 4.01. The van der Waals surface area contributed by atoms with Crippen LogP contribution in [0.2, 0.25) is 0 Å². The summed E-state index contributed by atoms with van der Waals surface area (Å²) in [6.07, 6.45) is 5.98. The van der Waals surface area contributed by atoms with Gasteiger partial charge in [-0.1, -0.05) is 140 Å². The largest absolute Gasteiger partial charge is 3.00 e. The second-order valence-corrected chi connectivity index (χ2v) is 18.6. The zero-order valence-corrected chi connectivity index (χ0v) is 42.7. The predicted octanol–water partition coefficient (Wildman–Crippen LogP) is 17.1. The van der Waals surface area contributed by atoms with E-state index in [0.717, 1.165) is 122 Å². The van der Waals surface area contributed by atoms with Crippen LogP contribution in [0.5, 0.6) is 0 Å². The van der Waals surface area contributed by atoms with E-state index in [4.69, 9.17) is 15.2 Å². The van der Waals surface area contributed by atoms with Gasteiger partial charge < -0.3 is 4.98 Å². The molecule has 0 aliphatic rings. The van der Waals surface area contributed by atoms with Crippen molar-refractivity contribution in [1.29, 1.82) is 0 Å². The molecular weight excluding hydrogens is 1090 g/mol. The molecule has 5 heterocycles. The maximum atomic E-state index is 5.10. The number of para-hydroxylation sites is 2. The molecule has 0 amide bonds. The zero-order valence-electron chi connectivity index (χ0n) is 40.3. The van der Waals surface area contributed by atoms with Gasteiger partial charge in [0.2, 0.25) is 0 Å². The second-order valence-electron chi connectivity index (χ2n) is 18.6. The Balaban J connectivity index is 0.00000541. The van der Waals surface area contributed by atoms with E-state index in [1.165, 1.54) is 11.1 Å². The van der Waals surface area contributed by atoms with Crippen LogP contribution in [0.4, 0.5) is 0 Å². The van der Waals surface area contributed by atoms with E-state index in [9.17, 15) is 0 Å². The number of benzene rings is 9. The van der Waals surface area contributed by atoms with Crippen molar-refractivity contribution in [3.05, 3.63) is 273 Å². The molecule has 0 aliphatic carbocycles. The number of fused-ring (bicyclic) bond motifs is 6. The molecule has 0 radical (unpaired) electrons. The summed E-state index contributed by atoms with van der Waals surface area (Å²) >= 11 is 0. The van der Waals surface area contributed by atoms with Crippen LogP contribution in [-0.2, 0) is 20.1 Å². The van der Waals surface area contributed by atoms with E-state index in [1.807, 2.05) is 64.0 Å². The van der Waals surface area contributed by atoms with E-state index in [0.29, 0.717) is 0 Å². The quantitative estimate of drug-likeness (QED) is 0.135. The van der Waals surface area contributed by atoms with Crippen LogP contribution in [0.1, 0.15) is 0 Å². The van der Waals surface area contributed by atoms with Gasteiger partial charge >= 0.3 is 20.1 Å². The van der Waals surface area contributed by atoms with Crippen molar-refractivity contribution in [2.45, 2.75) is 0 Å². The summed E-state index contributed by atoms with van der Waals surface area (Å²) in [6, 6.07) is 94.0. The first-order chi connectivity index (χ1) is 36.7. The summed E-state index contributed by atoms with van der Waals surface area (Å²) in [5, 5.41) is 12.1. The van der Waals surface area contributed by atoms with Gasteiger partial charge in [0.25, 0.3) is 0 Å². The summed E-state index contributed by atoms with van der Waals surface area (Å²) in [5.41, 5.74) is 23.4. The minimum atomic E-state index is 0. The molecule has 75 heavy (non-hydrogen) atoms. The molecule has 0 unspecified atom stereocenters. The summed E-state index contributed by atoms with van der Waals surface area (Å²) in [6.45, 7) is 0. The Labute approximate surface area is 448 Å². The van der Waals surface area contributed by atoms with Crippen molar-refractivity contribution >= 4 is 32.8 Å². The molecule has 0 bridgehead atoms. The maximum absolute atomic E-state index is 5.10. The zero-order chi connectivity index (χ0) is 49.0. The van der Waals surface area contributed by atoms with Crippen molar-refractivity contribution in [3.63, 3.8) is 0 Å². The van der Waals surface area contributed by atoms with Gasteiger partial charge in [0.05, 0.1) is 23.4 Å². The van der Waals surface area contributed by atoms with Gasteiger partial charge in [-0.25, -0.2) is 0 Å². The number of hydrogen-bond donors (Lipinski definition) is 0. The molecule has 0 saturated carbocycles. The van der Waals surface area contributed by atoms with E-state index < -0.39 is 0 Å². The van der Waals surface area contributed by atoms with Crippen molar-refractivity contribution < 1.29 is 20.1 Å². The Morgan fingerprint density at radius 1 is 0.293 bits per heavy atom. The number of aromatic nitrogens is 5. The molecule has 0 aliphatic heterocycles. The Kier molecular flexibility index (Phi) is 11.7. The average Bonchev–Trinajstić information content (AvgIpc) is 4.13. The summed E-state index contributed by atoms with van der Waals surface area (Å²) in [5.74, 6) is 0. The molecule has 0 atom stereocenters. The molecule has 0 fully saturated rings. The van der Waals surface area contributed by atoms with Crippen LogP contribution in [0.3, 0.4) is 0 Å². The van der Waals surface area contributed by atoms with Crippen molar-refractivity contribution in [2.75, 3.05) is 0 Å². The molecule has 5 aromatic heterocycles. The monoisotopic (exact) mass is 1130 g/mol. The van der Waals surface area contributed by atoms with Gasteiger partial charge in [0.1, 0.15) is 0 Å². The minimum Gasteiger partial charge on any atom is -0.304 e. The Bertz CT molecular complexity index is 4250. The molecule has 6 heteroatoms. The van der Waals surface area contributed by atoms with Crippen LogP contribution in [-0.4, -0.2) is 24.2 Å². The molecular formula is C69H42IrN5. The normalized spacial score (nSPS) is 11.4. The summed E-state index contributed by atoms with van der Waals surface area (Å²) in [4.78, 5) is 5.10. The van der Waals surface area contributed by atoms with E-state index in [2.05, 4.69) is 218 Å². The first-order valence-electron chi connectivity index (χ1n) is 24.8. The fourth-order valence-corrected chi connectivity index (χ4v) is 10.7. The van der Waals surface area contributed by atoms with Crippen LogP contribution >= 0.6 is 0 Å². The minimum absolute atomic E-state index is 0. The van der Waals surface area contributed by atoms with Gasteiger partial charge in [-0.2, -0.15) is 58.7 Å². The molecule has 352 valence electrons. The number of pyridine rings is 3. The SMILES string of the molecule is [Ir+3].[c-]1ccc(-c2ccc(-c3ccccc3)cc2)cc1-c1ccc(-c2ccccc2-c2cc(-c3ccccc3-c3cnn4c3ccc3ccc[c-]c34)cc(-c3ccccc3-c3cnn4c3ccc3ccc[c-]c34)c2)cn1. The molecule has 9 aromatic carbocycles. The van der Waals surface area contributed by atoms with Gasteiger partial charge in [-0.05, 0) is 119 Å². The molecule has 14 rings (SSSR count). The molecule has 0 N–H and O–H groups in total. The van der Waals surface area contributed by atoms with Crippen LogP contribution in [0.25, 0.3) is 133 Å². The molecule has 0 spiro atoms. The Morgan fingerprint density at radius 2 is 0.747 bits per heavy atom. The third-order valence-electron chi connectivity index (χ3n) is 14.3. The van der Waals surface area contributed by atoms with Gasteiger partial charge in [0, 0.05) is 17.3 Å². The van der Waals surface area contributed by atoms with Crippen LogP contribution in [0.15, 0.2) is 255 Å². The fraction of sp³-hybridized carbons (Fsp3) is 0. The van der Waals surface area contributed by atoms with Gasteiger partial charge in [-0.3, -0.25) is 9.03 Å².